The minimum absolute atomic E-state index is 0.762. The van der Waals surface area contributed by atoms with Crippen molar-refractivity contribution >= 4 is 17.2 Å². The Labute approximate surface area is 120 Å². The molecule has 19 heavy (non-hydrogen) atoms. The van der Waals surface area contributed by atoms with Crippen LogP contribution in [0.25, 0.3) is 5.57 Å². The predicted octanol–water partition coefficient (Wildman–Crippen LogP) is 5.36. The number of halogens is 1. The molecule has 0 aliphatic rings. The number of nitrogens with zero attached hydrogens (tertiary/aromatic N) is 1. The quantitative estimate of drug-likeness (QED) is 0.668. The number of aromatic nitrogens is 1. The molecular formula is C17H18ClN. The van der Waals surface area contributed by atoms with Crippen LogP contribution in [0.2, 0.25) is 5.02 Å². The summed E-state index contributed by atoms with van der Waals surface area (Å²) in [5, 5.41) is 0.762. The van der Waals surface area contributed by atoms with Gasteiger partial charge in [-0.1, -0.05) is 55.6 Å². The first-order valence-corrected chi connectivity index (χ1v) is 7.06. The number of benzene rings is 1. The molecule has 2 heteroatoms. The van der Waals surface area contributed by atoms with E-state index in [0.717, 1.165) is 17.1 Å². The van der Waals surface area contributed by atoms with Gasteiger partial charge in [0.05, 0.1) is 5.69 Å². The van der Waals surface area contributed by atoms with Crippen molar-refractivity contribution in [2.75, 3.05) is 0 Å². The van der Waals surface area contributed by atoms with E-state index in [1.54, 1.807) is 0 Å². The first kappa shape index (κ1) is 13.8. The highest BCUT2D eigenvalue weighted by Crippen LogP contribution is 2.24. The van der Waals surface area contributed by atoms with E-state index in [4.69, 9.17) is 11.6 Å². The van der Waals surface area contributed by atoms with Crippen molar-refractivity contribution in [2.45, 2.75) is 26.2 Å². The molecule has 0 radical (unpaired) electrons. The molecule has 1 heterocycles. The summed E-state index contributed by atoms with van der Waals surface area (Å²) >= 11 is 5.95. The van der Waals surface area contributed by atoms with E-state index in [0.29, 0.717) is 0 Å². The van der Waals surface area contributed by atoms with Crippen LogP contribution >= 0.6 is 11.6 Å². The number of allylic oxidation sites excluding steroid dienone is 1. The smallest absolute Gasteiger partial charge is 0.0704 e. The fourth-order valence-corrected chi connectivity index (χ4v) is 2.10. The fraction of sp³-hybridized carbons (Fsp3) is 0.235. The van der Waals surface area contributed by atoms with Crippen LogP contribution in [-0.4, -0.2) is 4.98 Å². The lowest BCUT2D eigenvalue weighted by molar-refractivity contribution is 0.815. The van der Waals surface area contributed by atoms with Gasteiger partial charge in [0, 0.05) is 16.8 Å². The Morgan fingerprint density at radius 1 is 1.16 bits per heavy atom. The number of rotatable bonds is 5. The number of hydrogen-bond acceptors (Lipinski definition) is 1. The maximum Gasteiger partial charge on any atom is 0.0704 e. The molecule has 0 aliphatic heterocycles. The van der Waals surface area contributed by atoms with Crippen molar-refractivity contribution in [1.29, 1.82) is 0 Å². The third kappa shape index (κ3) is 3.93. The summed E-state index contributed by atoms with van der Waals surface area (Å²) in [4.78, 5) is 4.46. The molecule has 0 fully saturated rings. The Kier molecular flexibility index (Phi) is 5.17. The maximum atomic E-state index is 5.95. The summed E-state index contributed by atoms with van der Waals surface area (Å²) in [5.74, 6) is 0. The summed E-state index contributed by atoms with van der Waals surface area (Å²) in [6.45, 7) is 2.20. The van der Waals surface area contributed by atoms with Gasteiger partial charge in [-0.25, -0.2) is 0 Å². The monoisotopic (exact) mass is 271 g/mol. The highest BCUT2D eigenvalue weighted by Gasteiger charge is 2.05. The van der Waals surface area contributed by atoms with Crippen LogP contribution in [0.1, 0.15) is 37.4 Å². The minimum Gasteiger partial charge on any atom is -0.256 e. The molecule has 98 valence electrons. The van der Waals surface area contributed by atoms with Crippen molar-refractivity contribution in [1.82, 2.24) is 4.98 Å². The Bertz CT molecular complexity index is 529. The first-order chi connectivity index (χ1) is 9.31. The third-order valence-corrected chi connectivity index (χ3v) is 3.25. The third-order valence-electron chi connectivity index (χ3n) is 3.00. The molecule has 1 aromatic carbocycles. The van der Waals surface area contributed by atoms with Gasteiger partial charge >= 0.3 is 0 Å². The molecule has 1 aromatic heterocycles. The van der Waals surface area contributed by atoms with Gasteiger partial charge in [0.15, 0.2) is 0 Å². The molecule has 2 aromatic rings. The van der Waals surface area contributed by atoms with Gasteiger partial charge in [0.2, 0.25) is 0 Å². The Morgan fingerprint density at radius 3 is 2.58 bits per heavy atom. The van der Waals surface area contributed by atoms with Crippen molar-refractivity contribution in [3.63, 3.8) is 0 Å². The van der Waals surface area contributed by atoms with Crippen LogP contribution in [0.15, 0.2) is 54.7 Å². The van der Waals surface area contributed by atoms with Crippen LogP contribution < -0.4 is 0 Å². The molecule has 0 saturated heterocycles. The summed E-state index contributed by atoms with van der Waals surface area (Å²) in [6, 6.07) is 14.0. The topological polar surface area (TPSA) is 12.9 Å². The molecule has 0 bridgehead atoms. The van der Waals surface area contributed by atoms with Gasteiger partial charge in [0.1, 0.15) is 0 Å². The highest BCUT2D eigenvalue weighted by atomic mass is 35.5. The van der Waals surface area contributed by atoms with Gasteiger partial charge in [-0.05, 0) is 36.2 Å². The molecule has 0 unspecified atom stereocenters. The molecule has 0 atom stereocenters. The first-order valence-electron chi connectivity index (χ1n) is 6.68. The van der Waals surface area contributed by atoms with Gasteiger partial charge in [-0.3, -0.25) is 4.98 Å². The van der Waals surface area contributed by atoms with Crippen LogP contribution in [0.5, 0.6) is 0 Å². The molecule has 0 saturated carbocycles. The SMILES string of the molecule is CCCCC=C(c1ccc(Cl)cc1)c1ccccn1. The van der Waals surface area contributed by atoms with Gasteiger partial charge in [-0.2, -0.15) is 0 Å². The van der Waals surface area contributed by atoms with Crippen LogP contribution in [-0.2, 0) is 0 Å². The van der Waals surface area contributed by atoms with E-state index in [2.05, 4.69) is 30.1 Å². The van der Waals surface area contributed by atoms with E-state index >= 15 is 0 Å². The summed E-state index contributed by atoms with van der Waals surface area (Å²) in [6.07, 6.45) is 7.58. The van der Waals surface area contributed by atoms with Crippen LogP contribution in [0.3, 0.4) is 0 Å². The zero-order chi connectivity index (χ0) is 13.5. The van der Waals surface area contributed by atoms with Crippen molar-refractivity contribution in [3.8, 4) is 0 Å². The second kappa shape index (κ2) is 7.10. The number of pyridine rings is 1. The van der Waals surface area contributed by atoms with Gasteiger partial charge in [-0.15, -0.1) is 0 Å². The highest BCUT2D eigenvalue weighted by molar-refractivity contribution is 6.30. The van der Waals surface area contributed by atoms with E-state index < -0.39 is 0 Å². The summed E-state index contributed by atoms with van der Waals surface area (Å²) < 4.78 is 0. The second-order valence-electron chi connectivity index (χ2n) is 4.48. The van der Waals surface area contributed by atoms with Crippen LogP contribution in [0, 0.1) is 0 Å². The molecule has 0 amide bonds. The van der Waals surface area contributed by atoms with Gasteiger partial charge in [0.25, 0.3) is 0 Å². The maximum absolute atomic E-state index is 5.95. The molecule has 0 aliphatic carbocycles. The number of unbranched alkanes of at least 4 members (excludes halogenated alkanes) is 2. The zero-order valence-electron chi connectivity index (χ0n) is 11.1. The second-order valence-corrected chi connectivity index (χ2v) is 4.92. The normalized spacial score (nSPS) is 11.6. The Morgan fingerprint density at radius 2 is 1.95 bits per heavy atom. The van der Waals surface area contributed by atoms with E-state index in [-0.39, 0.29) is 0 Å². The van der Waals surface area contributed by atoms with Crippen molar-refractivity contribution in [2.24, 2.45) is 0 Å². The van der Waals surface area contributed by atoms with Crippen LogP contribution in [0.4, 0.5) is 0 Å². The van der Waals surface area contributed by atoms with Gasteiger partial charge < -0.3 is 0 Å². The average Bonchev–Trinajstić information content (AvgIpc) is 2.46. The van der Waals surface area contributed by atoms with E-state index in [1.807, 2.05) is 36.5 Å². The van der Waals surface area contributed by atoms with Crippen molar-refractivity contribution in [3.05, 3.63) is 71.0 Å². The Balaban J connectivity index is 2.34. The summed E-state index contributed by atoms with van der Waals surface area (Å²) in [5.41, 5.74) is 3.37. The molecule has 1 nitrogen and oxygen atoms in total. The standard InChI is InChI=1S/C17H18ClN/c1-2-3-4-7-16(17-8-5-6-13-19-17)14-9-11-15(18)12-10-14/h5-13H,2-4H2,1H3. The van der Waals surface area contributed by atoms with Crippen molar-refractivity contribution < 1.29 is 0 Å². The molecule has 2 rings (SSSR count). The summed E-state index contributed by atoms with van der Waals surface area (Å²) in [7, 11) is 0. The Hall–Kier alpha value is -1.60. The molecule has 0 N–H and O–H groups in total. The molecular weight excluding hydrogens is 254 g/mol. The minimum atomic E-state index is 0.762. The molecule has 0 spiro atoms. The lowest BCUT2D eigenvalue weighted by atomic mass is 10.0. The van der Waals surface area contributed by atoms with E-state index in [1.165, 1.54) is 24.0 Å². The number of hydrogen-bond donors (Lipinski definition) is 0. The lowest BCUT2D eigenvalue weighted by Crippen LogP contribution is -1.91. The zero-order valence-corrected chi connectivity index (χ0v) is 11.9. The van der Waals surface area contributed by atoms with E-state index in [9.17, 15) is 0 Å². The predicted molar refractivity (Wildman–Crippen MR) is 82.3 cm³/mol. The fourth-order valence-electron chi connectivity index (χ4n) is 1.97. The largest absolute Gasteiger partial charge is 0.256 e. The average molecular weight is 272 g/mol. The lowest BCUT2D eigenvalue weighted by Gasteiger charge is -2.08.